The number of hydrogen-bond donors (Lipinski definition) is 1. The molecule has 2 nitrogen and oxygen atoms in total. The van der Waals surface area contributed by atoms with Gasteiger partial charge in [0.15, 0.2) is 0 Å². The highest BCUT2D eigenvalue weighted by Crippen LogP contribution is 2.56. The number of rotatable bonds is 6. The fourth-order valence-electron chi connectivity index (χ4n) is 3.18. The summed E-state index contributed by atoms with van der Waals surface area (Å²) in [6, 6.07) is 0. The van der Waals surface area contributed by atoms with Gasteiger partial charge in [-0.15, -0.1) is 0 Å². The normalized spacial score (nSPS) is 31.7. The highest BCUT2D eigenvalue weighted by atomic mass is 16.3. The standard InChI is InChI=1S/C15H28O2/c1-5-13(17)8-6-7-12-9-10-15(4,11-16)14(12,2)3/h12,16H,5-11H2,1-4H3. The summed E-state index contributed by atoms with van der Waals surface area (Å²) < 4.78 is 0. The van der Waals surface area contributed by atoms with Gasteiger partial charge >= 0.3 is 0 Å². The summed E-state index contributed by atoms with van der Waals surface area (Å²) >= 11 is 0. The van der Waals surface area contributed by atoms with Gasteiger partial charge in [-0.3, -0.25) is 4.79 Å². The van der Waals surface area contributed by atoms with Crippen molar-refractivity contribution in [3.8, 4) is 0 Å². The molecule has 2 unspecified atom stereocenters. The largest absolute Gasteiger partial charge is 0.396 e. The molecule has 1 aliphatic carbocycles. The number of ketones is 1. The Morgan fingerprint density at radius 2 is 2.00 bits per heavy atom. The van der Waals surface area contributed by atoms with Gasteiger partial charge in [-0.05, 0) is 42.4 Å². The minimum Gasteiger partial charge on any atom is -0.396 e. The van der Waals surface area contributed by atoms with Crippen LogP contribution < -0.4 is 0 Å². The number of aliphatic hydroxyl groups is 1. The van der Waals surface area contributed by atoms with E-state index in [0.29, 0.717) is 18.1 Å². The SMILES string of the molecule is CCC(=O)CCCC1CCC(C)(CO)C1(C)C. The summed E-state index contributed by atoms with van der Waals surface area (Å²) in [7, 11) is 0. The lowest BCUT2D eigenvalue weighted by Gasteiger charge is -2.40. The van der Waals surface area contributed by atoms with Crippen LogP contribution in [0, 0.1) is 16.7 Å². The van der Waals surface area contributed by atoms with Crippen LogP contribution in [-0.2, 0) is 4.79 Å². The maximum atomic E-state index is 11.3. The Hall–Kier alpha value is -0.370. The molecule has 100 valence electrons. The first-order chi connectivity index (χ1) is 7.87. The van der Waals surface area contributed by atoms with Gasteiger partial charge < -0.3 is 5.11 Å². The smallest absolute Gasteiger partial charge is 0.132 e. The second-order valence-electron chi connectivity index (χ2n) is 6.46. The van der Waals surface area contributed by atoms with Gasteiger partial charge in [0.25, 0.3) is 0 Å². The summed E-state index contributed by atoms with van der Waals surface area (Å²) in [5, 5.41) is 9.58. The summed E-state index contributed by atoms with van der Waals surface area (Å²) in [6.45, 7) is 8.98. The molecule has 0 aliphatic heterocycles. The van der Waals surface area contributed by atoms with Crippen molar-refractivity contribution < 1.29 is 9.90 Å². The quantitative estimate of drug-likeness (QED) is 0.770. The van der Waals surface area contributed by atoms with Gasteiger partial charge in [0.2, 0.25) is 0 Å². The van der Waals surface area contributed by atoms with E-state index >= 15 is 0 Å². The van der Waals surface area contributed by atoms with Crippen molar-refractivity contribution >= 4 is 5.78 Å². The topological polar surface area (TPSA) is 37.3 Å². The van der Waals surface area contributed by atoms with Crippen molar-refractivity contribution in [1.29, 1.82) is 0 Å². The molecule has 1 aliphatic rings. The van der Waals surface area contributed by atoms with Crippen LogP contribution in [0.3, 0.4) is 0 Å². The number of aliphatic hydroxyl groups excluding tert-OH is 1. The molecule has 0 aromatic carbocycles. The zero-order valence-electron chi connectivity index (χ0n) is 11.9. The van der Waals surface area contributed by atoms with Gasteiger partial charge in [0.1, 0.15) is 5.78 Å². The second-order valence-corrected chi connectivity index (χ2v) is 6.46. The second kappa shape index (κ2) is 5.51. The molecular formula is C15H28O2. The van der Waals surface area contributed by atoms with E-state index < -0.39 is 0 Å². The predicted octanol–water partition coefficient (Wildman–Crippen LogP) is 3.57. The van der Waals surface area contributed by atoms with Crippen LogP contribution in [0.1, 0.15) is 66.2 Å². The van der Waals surface area contributed by atoms with Crippen molar-refractivity contribution in [3.05, 3.63) is 0 Å². The van der Waals surface area contributed by atoms with Crippen LogP contribution in [0.5, 0.6) is 0 Å². The Balaban J connectivity index is 2.49. The highest BCUT2D eigenvalue weighted by Gasteiger charge is 2.50. The molecule has 17 heavy (non-hydrogen) atoms. The van der Waals surface area contributed by atoms with E-state index in [-0.39, 0.29) is 17.4 Å². The molecule has 2 atom stereocenters. The lowest BCUT2D eigenvalue weighted by Crippen LogP contribution is -2.37. The Morgan fingerprint density at radius 3 is 2.47 bits per heavy atom. The Labute approximate surface area is 106 Å². The molecule has 0 heterocycles. The van der Waals surface area contributed by atoms with Crippen molar-refractivity contribution in [2.24, 2.45) is 16.7 Å². The molecule has 0 radical (unpaired) electrons. The molecule has 1 rings (SSSR count). The average molecular weight is 240 g/mol. The van der Waals surface area contributed by atoms with Gasteiger partial charge in [0, 0.05) is 19.4 Å². The molecule has 0 amide bonds. The van der Waals surface area contributed by atoms with Gasteiger partial charge in [-0.2, -0.15) is 0 Å². The third kappa shape index (κ3) is 2.90. The molecule has 0 bridgehead atoms. The minimum atomic E-state index is 0.0619. The van der Waals surface area contributed by atoms with Crippen LogP contribution >= 0.6 is 0 Å². The van der Waals surface area contributed by atoms with Gasteiger partial charge in [-0.1, -0.05) is 27.7 Å². The summed E-state index contributed by atoms with van der Waals surface area (Å²) in [5.74, 6) is 1.04. The fourth-order valence-corrected chi connectivity index (χ4v) is 3.18. The molecule has 1 fully saturated rings. The first-order valence-corrected chi connectivity index (χ1v) is 7.00. The minimum absolute atomic E-state index is 0.0619. The molecular weight excluding hydrogens is 212 g/mol. The van der Waals surface area contributed by atoms with E-state index in [1.165, 1.54) is 6.42 Å². The van der Waals surface area contributed by atoms with Crippen molar-refractivity contribution in [1.82, 2.24) is 0 Å². The Morgan fingerprint density at radius 1 is 1.35 bits per heavy atom. The van der Waals surface area contributed by atoms with E-state index in [4.69, 9.17) is 0 Å². The first kappa shape index (κ1) is 14.7. The van der Waals surface area contributed by atoms with E-state index in [0.717, 1.165) is 25.7 Å². The van der Waals surface area contributed by atoms with Crippen LogP contribution in [0.2, 0.25) is 0 Å². The van der Waals surface area contributed by atoms with E-state index in [9.17, 15) is 9.90 Å². The number of carbonyl (C=O) groups excluding carboxylic acids is 1. The predicted molar refractivity (Wildman–Crippen MR) is 70.8 cm³/mol. The number of carbonyl (C=O) groups is 1. The maximum absolute atomic E-state index is 11.3. The molecule has 1 saturated carbocycles. The third-order valence-corrected chi connectivity index (χ3v) is 5.37. The lowest BCUT2D eigenvalue weighted by molar-refractivity contribution is -0.118. The third-order valence-electron chi connectivity index (χ3n) is 5.37. The maximum Gasteiger partial charge on any atom is 0.132 e. The molecule has 0 spiro atoms. The molecule has 0 aromatic heterocycles. The summed E-state index contributed by atoms with van der Waals surface area (Å²) in [6.07, 6.45) is 5.87. The van der Waals surface area contributed by atoms with E-state index in [2.05, 4.69) is 20.8 Å². The van der Waals surface area contributed by atoms with Gasteiger partial charge in [-0.25, -0.2) is 0 Å². The average Bonchev–Trinajstić information content (AvgIpc) is 2.52. The molecule has 1 N–H and O–H groups in total. The number of Topliss-reactive ketones (excluding diaryl/α,β-unsaturated/α-hetero) is 1. The Bertz CT molecular complexity index is 270. The zero-order valence-corrected chi connectivity index (χ0v) is 11.9. The van der Waals surface area contributed by atoms with Crippen LogP contribution in [0.4, 0.5) is 0 Å². The monoisotopic (exact) mass is 240 g/mol. The van der Waals surface area contributed by atoms with Crippen molar-refractivity contribution in [2.45, 2.75) is 66.2 Å². The highest BCUT2D eigenvalue weighted by molar-refractivity contribution is 5.77. The first-order valence-electron chi connectivity index (χ1n) is 7.00. The fraction of sp³-hybridized carbons (Fsp3) is 0.933. The van der Waals surface area contributed by atoms with E-state index in [1.807, 2.05) is 6.92 Å². The van der Waals surface area contributed by atoms with E-state index in [1.54, 1.807) is 0 Å². The van der Waals surface area contributed by atoms with Crippen molar-refractivity contribution in [2.75, 3.05) is 6.61 Å². The van der Waals surface area contributed by atoms with Crippen molar-refractivity contribution in [3.63, 3.8) is 0 Å². The summed E-state index contributed by atoms with van der Waals surface area (Å²) in [4.78, 5) is 11.3. The lowest BCUT2D eigenvalue weighted by atomic mass is 9.65. The summed E-state index contributed by atoms with van der Waals surface area (Å²) in [5.41, 5.74) is 0.253. The zero-order chi connectivity index (χ0) is 13.1. The molecule has 0 saturated heterocycles. The molecule has 2 heteroatoms. The Kier molecular flexibility index (Phi) is 4.77. The van der Waals surface area contributed by atoms with Crippen LogP contribution in [0.15, 0.2) is 0 Å². The van der Waals surface area contributed by atoms with Gasteiger partial charge in [0.05, 0.1) is 0 Å². The van der Waals surface area contributed by atoms with Crippen LogP contribution in [-0.4, -0.2) is 17.5 Å². The number of hydrogen-bond acceptors (Lipinski definition) is 2. The molecule has 0 aromatic rings. The van der Waals surface area contributed by atoms with Crippen LogP contribution in [0.25, 0.3) is 0 Å².